The SMILES string of the molecule is Cc1ccccc1CC(C(=O)N/N=C/c1ccc(-c2ccc([N+](=O)[O-])cc2Cl)o1)c1ccccc1. The summed E-state index contributed by atoms with van der Waals surface area (Å²) in [5, 5.41) is 15.2. The second-order valence-corrected chi connectivity index (χ2v) is 8.36. The molecule has 0 saturated carbocycles. The summed E-state index contributed by atoms with van der Waals surface area (Å²) in [5.74, 6) is 0.172. The van der Waals surface area contributed by atoms with E-state index in [1.165, 1.54) is 24.4 Å². The molecule has 0 fully saturated rings. The molecule has 1 amide bonds. The Bertz CT molecular complexity index is 1380. The highest BCUT2D eigenvalue weighted by Crippen LogP contribution is 2.32. The van der Waals surface area contributed by atoms with E-state index in [1.54, 1.807) is 12.1 Å². The number of nitrogens with one attached hydrogen (secondary N) is 1. The van der Waals surface area contributed by atoms with Crippen molar-refractivity contribution in [3.8, 4) is 11.3 Å². The molecule has 1 unspecified atom stereocenters. The van der Waals surface area contributed by atoms with Gasteiger partial charge in [-0.2, -0.15) is 5.10 Å². The summed E-state index contributed by atoms with van der Waals surface area (Å²) in [6.45, 7) is 2.03. The monoisotopic (exact) mass is 487 g/mol. The summed E-state index contributed by atoms with van der Waals surface area (Å²) >= 11 is 6.18. The fraction of sp³-hybridized carbons (Fsp3) is 0.111. The van der Waals surface area contributed by atoms with Crippen LogP contribution in [0, 0.1) is 17.0 Å². The first-order chi connectivity index (χ1) is 16.9. The number of furan rings is 1. The summed E-state index contributed by atoms with van der Waals surface area (Å²) < 4.78 is 5.73. The molecule has 0 radical (unpaired) electrons. The van der Waals surface area contributed by atoms with Gasteiger partial charge >= 0.3 is 0 Å². The molecule has 35 heavy (non-hydrogen) atoms. The van der Waals surface area contributed by atoms with Crippen LogP contribution in [0.5, 0.6) is 0 Å². The van der Waals surface area contributed by atoms with E-state index < -0.39 is 10.8 Å². The number of halogens is 1. The summed E-state index contributed by atoms with van der Waals surface area (Å²) in [6, 6.07) is 25.1. The maximum Gasteiger partial charge on any atom is 0.270 e. The van der Waals surface area contributed by atoms with Gasteiger partial charge in [0.1, 0.15) is 11.5 Å². The molecule has 0 saturated heterocycles. The average molecular weight is 488 g/mol. The number of nitrogens with zero attached hydrogens (tertiary/aromatic N) is 2. The lowest BCUT2D eigenvalue weighted by atomic mass is 9.90. The first kappa shape index (κ1) is 23.9. The van der Waals surface area contributed by atoms with Crippen molar-refractivity contribution in [3.05, 3.63) is 123 Å². The number of aryl methyl sites for hydroxylation is 1. The van der Waals surface area contributed by atoms with Crippen molar-refractivity contribution in [2.24, 2.45) is 5.10 Å². The molecule has 4 aromatic rings. The van der Waals surface area contributed by atoms with Gasteiger partial charge in [0.25, 0.3) is 5.69 Å². The van der Waals surface area contributed by atoms with E-state index in [-0.39, 0.29) is 16.6 Å². The summed E-state index contributed by atoms with van der Waals surface area (Å²) in [7, 11) is 0. The highest BCUT2D eigenvalue weighted by Gasteiger charge is 2.21. The molecule has 0 spiro atoms. The number of nitro groups is 1. The number of hydrazone groups is 1. The van der Waals surface area contributed by atoms with Crippen LogP contribution in [-0.4, -0.2) is 17.0 Å². The molecule has 1 aromatic heterocycles. The molecule has 0 aliphatic heterocycles. The number of non-ortho nitro benzene ring substituents is 1. The number of hydrogen-bond acceptors (Lipinski definition) is 5. The minimum atomic E-state index is -0.514. The molecule has 7 nitrogen and oxygen atoms in total. The third-order valence-corrected chi connectivity index (χ3v) is 5.94. The minimum absolute atomic E-state index is 0.103. The fourth-order valence-electron chi connectivity index (χ4n) is 3.73. The summed E-state index contributed by atoms with van der Waals surface area (Å²) in [6.07, 6.45) is 1.94. The Morgan fingerprint density at radius 3 is 2.54 bits per heavy atom. The Balaban J connectivity index is 1.48. The second-order valence-electron chi connectivity index (χ2n) is 7.95. The lowest BCUT2D eigenvalue weighted by molar-refractivity contribution is -0.384. The van der Waals surface area contributed by atoms with Crippen molar-refractivity contribution in [2.45, 2.75) is 19.3 Å². The molecule has 1 atom stereocenters. The summed E-state index contributed by atoms with van der Waals surface area (Å²) in [4.78, 5) is 23.5. The van der Waals surface area contributed by atoms with Gasteiger partial charge in [-0.3, -0.25) is 14.9 Å². The number of hydrogen-bond donors (Lipinski definition) is 1. The zero-order valence-corrected chi connectivity index (χ0v) is 19.6. The van der Waals surface area contributed by atoms with Gasteiger partial charge in [-0.25, -0.2) is 5.43 Å². The van der Waals surface area contributed by atoms with Crippen molar-refractivity contribution in [2.75, 3.05) is 0 Å². The van der Waals surface area contributed by atoms with Gasteiger partial charge < -0.3 is 4.42 Å². The molecule has 0 aliphatic rings. The van der Waals surface area contributed by atoms with Crippen molar-refractivity contribution in [1.29, 1.82) is 0 Å². The first-order valence-corrected chi connectivity index (χ1v) is 11.3. The number of nitro benzene ring substituents is 1. The zero-order valence-electron chi connectivity index (χ0n) is 18.9. The van der Waals surface area contributed by atoms with Crippen molar-refractivity contribution >= 4 is 29.4 Å². The third kappa shape index (κ3) is 5.83. The Morgan fingerprint density at radius 2 is 1.83 bits per heavy atom. The van der Waals surface area contributed by atoms with Gasteiger partial charge in [-0.1, -0.05) is 66.2 Å². The average Bonchev–Trinajstić information content (AvgIpc) is 3.32. The van der Waals surface area contributed by atoms with Crippen LogP contribution in [0.15, 0.2) is 94.4 Å². The molecular weight excluding hydrogens is 466 g/mol. The predicted octanol–water partition coefficient (Wildman–Crippen LogP) is 6.29. The van der Waals surface area contributed by atoms with E-state index in [1.807, 2.05) is 61.5 Å². The number of carbonyl (C=O) groups excluding carboxylic acids is 1. The Morgan fingerprint density at radius 1 is 1.09 bits per heavy atom. The topological polar surface area (TPSA) is 97.7 Å². The van der Waals surface area contributed by atoms with Crippen LogP contribution >= 0.6 is 11.6 Å². The van der Waals surface area contributed by atoms with Gasteiger partial charge in [0.2, 0.25) is 5.91 Å². The van der Waals surface area contributed by atoms with Gasteiger partial charge in [0, 0.05) is 17.7 Å². The van der Waals surface area contributed by atoms with Crippen LogP contribution in [0.1, 0.15) is 28.4 Å². The lowest BCUT2D eigenvalue weighted by Gasteiger charge is -2.17. The van der Waals surface area contributed by atoms with Crippen LogP contribution in [0.2, 0.25) is 5.02 Å². The molecule has 1 heterocycles. The molecule has 0 bridgehead atoms. The first-order valence-electron chi connectivity index (χ1n) is 10.9. The van der Waals surface area contributed by atoms with Gasteiger partial charge in [-0.05, 0) is 48.2 Å². The Labute approximate surface area is 207 Å². The normalized spacial score (nSPS) is 11.9. The number of rotatable bonds is 8. The van der Waals surface area contributed by atoms with Gasteiger partial charge in [0.05, 0.1) is 22.1 Å². The van der Waals surface area contributed by atoms with E-state index in [9.17, 15) is 14.9 Å². The molecule has 8 heteroatoms. The van der Waals surface area contributed by atoms with E-state index in [4.69, 9.17) is 16.0 Å². The maximum absolute atomic E-state index is 13.1. The summed E-state index contributed by atoms with van der Waals surface area (Å²) in [5.41, 5.74) is 6.15. The van der Waals surface area contributed by atoms with E-state index in [0.29, 0.717) is 23.5 Å². The molecule has 3 aromatic carbocycles. The Hall–Kier alpha value is -4.23. The fourth-order valence-corrected chi connectivity index (χ4v) is 4.00. The third-order valence-electron chi connectivity index (χ3n) is 5.63. The second kappa shape index (κ2) is 10.8. The largest absolute Gasteiger partial charge is 0.455 e. The smallest absolute Gasteiger partial charge is 0.270 e. The molecule has 1 N–H and O–H groups in total. The van der Waals surface area contributed by atoms with Crippen molar-refractivity contribution in [3.63, 3.8) is 0 Å². The van der Waals surface area contributed by atoms with Crippen molar-refractivity contribution in [1.82, 2.24) is 5.43 Å². The molecule has 0 aliphatic carbocycles. The molecule has 176 valence electrons. The van der Waals surface area contributed by atoms with Gasteiger partial charge in [-0.15, -0.1) is 0 Å². The van der Waals surface area contributed by atoms with E-state index in [0.717, 1.165) is 16.7 Å². The molecular formula is C27H22ClN3O4. The number of carbonyl (C=O) groups is 1. The highest BCUT2D eigenvalue weighted by atomic mass is 35.5. The van der Waals surface area contributed by atoms with Crippen molar-refractivity contribution < 1.29 is 14.1 Å². The van der Waals surface area contributed by atoms with Gasteiger partial charge in [0.15, 0.2) is 0 Å². The van der Waals surface area contributed by atoms with E-state index >= 15 is 0 Å². The maximum atomic E-state index is 13.1. The molecule has 4 rings (SSSR count). The standard InChI is InChI=1S/C27H22ClN3O4/c1-18-7-5-6-10-20(18)15-24(19-8-3-2-4-9-19)27(32)30-29-17-22-12-14-26(35-22)23-13-11-21(31(33)34)16-25(23)28/h2-14,16-17,24H,15H2,1H3,(H,30,32)/b29-17+. The lowest BCUT2D eigenvalue weighted by Crippen LogP contribution is -2.27. The number of benzene rings is 3. The zero-order chi connectivity index (χ0) is 24.8. The van der Waals surface area contributed by atoms with Crippen LogP contribution in [0.25, 0.3) is 11.3 Å². The van der Waals surface area contributed by atoms with Crippen LogP contribution in [0.3, 0.4) is 0 Å². The van der Waals surface area contributed by atoms with Crippen LogP contribution in [0.4, 0.5) is 5.69 Å². The van der Waals surface area contributed by atoms with Crippen LogP contribution < -0.4 is 5.43 Å². The Kier molecular flexibility index (Phi) is 7.38. The predicted molar refractivity (Wildman–Crippen MR) is 136 cm³/mol. The minimum Gasteiger partial charge on any atom is -0.455 e. The van der Waals surface area contributed by atoms with Crippen LogP contribution in [-0.2, 0) is 11.2 Å². The number of amides is 1. The van der Waals surface area contributed by atoms with E-state index in [2.05, 4.69) is 10.5 Å². The quantitative estimate of drug-likeness (QED) is 0.179. The highest BCUT2D eigenvalue weighted by molar-refractivity contribution is 6.33.